The van der Waals surface area contributed by atoms with Crippen molar-refractivity contribution in [3.8, 4) is 0 Å². The van der Waals surface area contributed by atoms with E-state index in [-0.39, 0.29) is 0 Å². The summed E-state index contributed by atoms with van der Waals surface area (Å²) >= 11 is 3.49. The summed E-state index contributed by atoms with van der Waals surface area (Å²) in [5.41, 5.74) is 2.58. The van der Waals surface area contributed by atoms with Gasteiger partial charge in [-0.05, 0) is 37.1 Å². The number of rotatable bonds is 7. The first-order valence-corrected chi connectivity index (χ1v) is 6.21. The van der Waals surface area contributed by atoms with Crippen LogP contribution in [0.4, 0.5) is 0 Å². The third kappa shape index (κ3) is 4.81. The lowest BCUT2D eigenvalue weighted by Gasteiger charge is -2.06. The zero-order valence-electron chi connectivity index (χ0n) is 9.63. The van der Waals surface area contributed by atoms with Gasteiger partial charge in [-0.15, -0.1) is 0 Å². The molecule has 0 fully saturated rings. The van der Waals surface area contributed by atoms with Gasteiger partial charge in [0.2, 0.25) is 0 Å². The molecule has 0 aliphatic carbocycles. The fourth-order valence-corrected chi connectivity index (χ4v) is 1.66. The highest BCUT2D eigenvalue weighted by molar-refractivity contribution is 9.10. The van der Waals surface area contributed by atoms with E-state index in [1.807, 2.05) is 0 Å². The smallest absolute Gasteiger partial charge is 0.0885 e. The molecule has 88 valence electrons. The van der Waals surface area contributed by atoms with Gasteiger partial charge in [-0.2, -0.15) is 0 Å². The molecule has 0 saturated heterocycles. The van der Waals surface area contributed by atoms with Crippen LogP contribution in [0.1, 0.15) is 17.5 Å². The summed E-state index contributed by atoms with van der Waals surface area (Å²) in [6.07, 6.45) is 2.49. The molecular formula is C13H18BrNO. The van der Waals surface area contributed by atoms with Gasteiger partial charge in [0.25, 0.3) is 0 Å². The van der Waals surface area contributed by atoms with Gasteiger partial charge in [0.1, 0.15) is 0 Å². The first-order valence-electron chi connectivity index (χ1n) is 5.42. The number of benzene rings is 1. The Morgan fingerprint density at radius 2 is 2.31 bits per heavy atom. The Kier molecular flexibility index (Phi) is 6.19. The van der Waals surface area contributed by atoms with Crippen molar-refractivity contribution in [1.29, 1.82) is 0 Å². The van der Waals surface area contributed by atoms with Crippen LogP contribution in [0.25, 0.3) is 0 Å². The lowest BCUT2D eigenvalue weighted by atomic mass is 10.1. The summed E-state index contributed by atoms with van der Waals surface area (Å²) in [4.78, 5) is 0. The van der Waals surface area contributed by atoms with Crippen LogP contribution in [-0.2, 0) is 11.3 Å². The van der Waals surface area contributed by atoms with Crippen LogP contribution >= 0.6 is 15.9 Å². The third-order valence-electron chi connectivity index (χ3n) is 2.29. The molecule has 0 spiro atoms. The molecule has 1 aromatic carbocycles. The number of hydrogen-bond donors (Lipinski definition) is 1. The Balaban J connectivity index is 2.21. The van der Waals surface area contributed by atoms with E-state index in [1.54, 1.807) is 0 Å². The minimum Gasteiger partial charge on any atom is -0.502 e. The van der Waals surface area contributed by atoms with Crippen molar-refractivity contribution < 1.29 is 4.74 Å². The highest BCUT2D eigenvalue weighted by Crippen LogP contribution is 2.16. The molecule has 16 heavy (non-hydrogen) atoms. The largest absolute Gasteiger partial charge is 0.502 e. The first kappa shape index (κ1) is 13.3. The fourth-order valence-electron chi connectivity index (χ4n) is 1.41. The van der Waals surface area contributed by atoms with Crippen molar-refractivity contribution in [2.24, 2.45) is 0 Å². The van der Waals surface area contributed by atoms with E-state index >= 15 is 0 Å². The molecule has 0 unspecified atom stereocenters. The molecule has 1 rings (SSSR count). The number of ether oxygens (including phenoxy) is 1. The molecule has 0 saturated carbocycles. The van der Waals surface area contributed by atoms with Gasteiger partial charge < -0.3 is 10.1 Å². The standard InChI is InChI=1S/C13H18BrNO/c1-3-16-8-4-7-15-10-12-5-6-13(14)11(2)9-12/h3,5-6,9,15H,1,4,7-8,10H2,2H3. The lowest BCUT2D eigenvalue weighted by molar-refractivity contribution is 0.244. The van der Waals surface area contributed by atoms with Crippen LogP contribution < -0.4 is 5.32 Å². The molecule has 0 aromatic heterocycles. The minimum absolute atomic E-state index is 0.732. The van der Waals surface area contributed by atoms with E-state index in [2.05, 4.69) is 52.9 Å². The van der Waals surface area contributed by atoms with Crippen molar-refractivity contribution in [1.82, 2.24) is 5.32 Å². The monoisotopic (exact) mass is 283 g/mol. The average molecular weight is 284 g/mol. The van der Waals surface area contributed by atoms with Gasteiger partial charge in [-0.1, -0.05) is 34.6 Å². The van der Waals surface area contributed by atoms with Crippen molar-refractivity contribution in [2.75, 3.05) is 13.2 Å². The van der Waals surface area contributed by atoms with Crippen LogP contribution in [0, 0.1) is 6.92 Å². The molecule has 0 bridgehead atoms. The Bertz CT molecular complexity index is 339. The van der Waals surface area contributed by atoms with E-state index in [0.717, 1.165) is 30.6 Å². The SMILES string of the molecule is C=COCCCNCc1ccc(Br)c(C)c1. The average Bonchev–Trinajstić information content (AvgIpc) is 2.28. The van der Waals surface area contributed by atoms with E-state index < -0.39 is 0 Å². The lowest BCUT2D eigenvalue weighted by Crippen LogP contribution is -2.16. The Morgan fingerprint density at radius 1 is 1.50 bits per heavy atom. The number of halogens is 1. The van der Waals surface area contributed by atoms with Gasteiger partial charge >= 0.3 is 0 Å². The van der Waals surface area contributed by atoms with E-state index in [0.29, 0.717) is 0 Å². The summed E-state index contributed by atoms with van der Waals surface area (Å²) in [5, 5.41) is 3.38. The van der Waals surface area contributed by atoms with Gasteiger partial charge in [0, 0.05) is 11.0 Å². The summed E-state index contributed by atoms with van der Waals surface area (Å²) in [5.74, 6) is 0. The van der Waals surface area contributed by atoms with Crippen molar-refractivity contribution in [2.45, 2.75) is 19.9 Å². The second kappa shape index (κ2) is 7.47. The predicted molar refractivity (Wildman–Crippen MR) is 71.4 cm³/mol. The van der Waals surface area contributed by atoms with Gasteiger partial charge in [0.05, 0.1) is 12.9 Å². The molecular weight excluding hydrogens is 266 g/mol. The molecule has 0 heterocycles. The summed E-state index contributed by atoms with van der Waals surface area (Å²) in [6, 6.07) is 6.41. The highest BCUT2D eigenvalue weighted by Gasteiger charge is 1.96. The molecule has 1 aromatic rings. The number of hydrogen-bond acceptors (Lipinski definition) is 2. The summed E-state index contributed by atoms with van der Waals surface area (Å²) < 4.78 is 6.20. The predicted octanol–water partition coefficient (Wildman–Crippen LogP) is 3.40. The maximum atomic E-state index is 5.04. The van der Waals surface area contributed by atoms with Crippen LogP contribution in [0.15, 0.2) is 35.5 Å². The third-order valence-corrected chi connectivity index (χ3v) is 3.17. The second-order valence-corrected chi connectivity index (χ2v) is 4.51. The zero-order chi connectivity index (χ0) is 11.8. The molecule has 0 atom stereocenters. The molecule has 3 heteroatoms. The Labute approximate surface area is 106 Å². The zero-order valence-corrected chi connectivity index (χ0v) is 11.2. The second-order valence-electron chi connectivity index (χ2n) is 3.65. The molecule has 0 aliphatic rings. The van der Waals surface area contributed by atoms with Crippen LogP contribution in [0.3, 0.4) is 0 Å². The quantitative estimate of drug-likeness (QED) is 0.612. The van der Waals surface area contributed by atoms with Gasteiger partial charge in [0.15, 0.2) is 0 Å². The van der Waals surface area contributed by atoms with E-state index in [4.69, 9.17) is 4.74 Å². The molecule has 2 nitrogen and oxygen atoms in total. The number of nitrogens with one attached hydrogen (secondary N) is 1. The molecule has 1 N–H and O–H groups in total. The first-order chi connectivity index (χ1) is 7.74. The summed E-state index contributed by atoms with van der Waals surface area (Å²) in [6.45, 7) is 8.20. The van der Waals surface area contributed by atoms with Crippen LogP contribution in [0.2, 0.25) is 0 Å². The Hall–Kier alpha value is -0.800. The van der Waals surface area contributed by atoms with E-state index in [1.165, 1.54) is 17.4 Å². The van der Waals surface area contributed by atoms with Gasteiger partial charge in [-0.25, -0.2) is 0 Å². The van der Waals surface area contributed by atoms with Gasteiger partial charge in [-0.3, -0.25) is 0 Å². The number of aryl methyl sites for hydroxylation is 1. The van der Waals surface area contributed by atoms with Crippen LogP contribution in [0.5, 0.6) is 0 Å². The normalized spacial score (nSPS) is 10.1. The maximum absolute atomic E-state index is 5.04. The van der Waals surface area contributed by atoms with Crippen LogP contribution in [-0.4, -0.2) is 13.2 Å². The van der Waals surface area contributed by atoms with Crippen molar-refractivity contribution in [3.63, 3.8) is 0 Å². The highest BCUT2D eigenvalue weighted by atomic mass is 79.9. The topological polar surface area (TPSA) is 21.3 Å². The maximum Gasteiger partial charge on any atom is 0.0885 e. The molecule has 0 aliphatic heterocycles. The van der Waals surface area contributed by atoms with Crippen molar-refractivity contribution >= 4 is 15.9 Å². The van der Waals surface area contributed by atoms with Crippen molar-refractivity contribution in [3.05, 3.63) is 46.6 Å². The fraction of sp³-hybridized carbons (Fsp3) is 0.385. The summed E-state index contributed by atoms with van der Waals surface area (Å²) in [7, 11) is 0. The minimum atomic E-state index is 0.732. The van der Waals surface area contributed by atoms with E-state index in [9.17, 15) is 0 Å². The molecule has 0 radical (unpaired) electrons. The Morgan fingerprint density at radius 3 is 3.00 bits per heavy atom. The molecule has 0 amide bonds.